The number of imide groups is 1. The van der Waals surface area contributed by atoms with Gasteiger partial charge >= 0.3 is 0 Å². The van der Waals surface area contributed by atoms with Crippen molar-refractivity contribution in [3.63, 3.8) is 0 Å². The summed E-state index contributed by atoms with van der Waals surface area (Å²) in [4.78, 5) is 50.7. The summed E-state index contributed by atoms with van der Waals surface area (Å²) in [6, 6.07) is 22.9. The number of fused-ring (bicyclic) bond motifs is 1. The number of piperidine rings is 1. The zero-order chi connectivity index (χ0) is 25.3. The molecule has 0 bridgehead atoms. The second-order valence-corrected chi connectivity index (χ2v) is 8.79. The van der Waals surface area contributed by atoms with Crippen LogP contribution in [-0.4, -0.2) is 27.5 Å². The fourth-order valence-electron chi connectivity index (χ4n) is 4.73. The molecule has 1 aliphatic heterocycles. The number of nitrogens with one attached hydrogen (secondary N) is 2. The van der Waals surface area contributed by atoms with Crippen LogP contribution in [0, 0.1) is 0 Å². The Morgan fingerprint density at radius 1 is 0.944 bits per heavy atom. The zero-order valence-electron chi connectivity index (χ0n) is 19.7. The Bertz CT molecular complexity index is 1540. The lowest BCUT2D eigenvalue weighted by Crippen LogP contribution is -2.51. The van der Waals surface area contributed by atoms with Crippen molar-refractivity contribution < 1.29 is 14.4 Å². The molecule has 3 amide bonds. The van der Waals surface area contributed by atoms with Crippen LogP contribution in [0.25, 0.3) is 16.5 Å². The molecule has 36 heavy (non-hydrogen) atoms. The van der Waals surface area contributed by atoms with E-state index in [1.807, 2.05) is 13.0 Å². The van der Waals surface area contributed by atoms with Crippen LogP contribution in [0.5, 0.6) is 0 Å². The van der Waals surface area contributed by atoms with Gasteiger partial charge in [0, 0.05) is 17.5 Å². The van der Waals surface area contributed by atoms with Crippen molar-refractivity contribution >= 4 is 34.2 Å². The molecule has 1 aromatic heterocycles. The van der Waals surface area contributed by atoms with Gasteiger partial charge in [-0.1, -0.05) is 55.5 Å². The van der Waals surface area contributed by atoms with Gasteiger partial charge in [0.25, 0.3) is 11.5 Å². The molecule has 8 nitrogen and oxygen atoms in total. The van der Waals surface area contributed by atoms with Gasteiger partial charge in [0.05, 0.1) is 16.5 Å². The maximum Gasteiger partial charge on any atom is 0.279 e. The number of rotatable bonds is 5. The van der Waals surface area contributed by atoms with E-state index >= 15 is 0 Å². The molecule has 8 heteroatoms. The number of benzene rings is 3. The van der Waals surface area contributed by atoms with E-state index in [0.29, 0.717) is 35.0 Å². The van der Waals surface area contributed by atoms with E-state index in [9.17, 15) is 19.2 Å². The first-order valence-corrected chi connectivity index (χ1v) is 11.8. The van der Waals surface area contributed by atoms with Crippen molar-refractivity contribution in [2.75, 3.05) is 5.32 Å². The highest BCUT2D eigenvalue weighted by atomic mass is 16.2. The SMILES string of the molecule is CCC1(c2ccc(NC(=O)c3nn(-c4ccccc4)c(=O)c4ccccc34)cc2)CCC(=O)NC1=O. The Morgan fingerprint density at radius 2 is 1.61 bits per heavy atom. The van der Waals surface area contributed by atoms with Gasteiger partial charge < -0.3 is 5.32 Å². The van der Waals surface area contributed by atoms with Gasteiger partial charge in [-0.15, -0.1) is 0 Å². The van der Waals surface area contributed by atoms with Crippen LogP contribution in [0.15, 0.2) is 83.7 Å². The van der Waals surface area contributed by atoms with Gasteiger partial charge in [0.1, 0.15) is 0 Å². The predicted octanol–water partition coefficient (Wildman–Crippen LogP) is 3.72. The van der Waals surface area contributed by atoms with Crippen molar-refractivity contribution in [2.45, 2.75) is 31.6 Å². The molecule has 180 valence electrons. The van der Waals surface area contributed by atoms with Crippen LogP contribution < -0.4 is 16.2 Å². The molecular formula is C28H24N4O4. The molecule has 4 aromatic rings. The summed E-state index contributed by atoms with van der Waals surface area (Å²) < 4.78 is 1.23. The summed E-state index contributed by atoms with van der Waals surface area (Å²) in [7, 11) is 0. The van der Waals surface area contributed by atoms with Crippen molar-refractivity contribution in [3.8, 4) is 5.69 Å². The average molecular weight is 481 g/mol. The second-order valence-electron chi connectivity index (χ2n) is 8.79. The fourth-order valence-corrected chi connectivity index (χ4v) is 4.73. The van der Waals surface area contributed by atoms with Crippen LogP contribution in [0.3, 0.4) is 0 Å². The van der Waals surface area contributed by atoms with Crippen molar-refractivity contribution in [1.82, 2.24) is 15.1 Å². The number of para-hydroxylation sites is 1. The molecule has 1 fully saturated rings. The molecular weight excluding hydrogens is 456 g/mol. The van der Waals surface area contributed by atoms with Gasteiger partial charge in [-0.2, -0.15) is 9.78 Å². The van der Waals surface area contributed by atoms with Gasteiger partial charge in [0.2, 0.25) is 11.8 Å². The maximum atomic E-state index is 13.3. The Labute approximate surface area is 207 Å². The third kappa shape index (κ3) is 3.96. The molecule has 0 spiro atoms. The Morgan fingerprint density at radius 3 is 2.28 bits per heavy atom. The molecule has 3 aromatic carbocycles. The highest BCUT2D eigenvalue weighted by Gasteiger charge is 2.42. The number of carbonyl (C=O) groups is 3. The van der Waals surface area contributed by atoms with Crippen LogP contribution in [0.2, 0.25) is 0 Å². The quantitative estimate of drug-likeness (QED) is 0.423. The monoisotopic (exact) mass is 480 g/mol. The van der Waals surface area contributed by atoms with Crippen LogP contribution >= 0.6 is 0 Å². The number of anilines is 1. The highest BCUT2D eigenvalue weighted by molar-refractivity contribution is 6.11. The lowest BCUT2D eigenvalue weighted by atomic mass is 9.72. The minimum absolute atomic E-state index is 0.119. The average Bonchev–Trinajstić information content (AvgIpc) is 2.90. The van der Waals surface area contributed by atoms with E-state index in [0.717, 1.165) is 5.56 Å². The number of hydrogen-bond donors (Lipinski definition) is 2. The first-order valence-electron chi connectivity index (χ1n) is 11.8. The fraction of sp³-hybridized carbons (Fsp3) is 0.179. The third-order valence-corrected chi connectivity index (χ3v) is 6.79. The molecule has 1 atom stereocenters. The molecule has 1 aliphatic rings. The van der Waals surface area contributed by atoms with Crippen LogP contribution in [0.4, 0.5) is 5.69 Å². The summed E-state index contributed by atoms with van der Waals surface area (Å²) in [5.41, 5.74) is 0.889. The normalized spacial score (nSPS) is 17.6. The number of aromatic nitrogens is 2. The minimum atomic E-state index is -0.778. The topological polar surface area (TPSA) is 110 Å². The van der Waals surface area contributed by atoms with E-state index in [4.69, 9.17) is 0 Å². The number of amides is 3. The smallest absolute Gasteiger partial charge is 0.279 e. The number of hydrogen-bond acceptors (Lipinski definition) is 5. The molecule has 0 saturated carbocycles. The van der Waals surface area contributed by atoms with Gasteiger partial charge in [-0.25, -0.2) is 0 Å². The van der Waals surface area contributed by atoms with E-state index in [-0.39, 0.29) is 29.5 Å². The summed E-state index contributed by atoms with van der Waals surface area (Å²) in [6.07, 6.45) is 1.28. The molecule has 2 heterocycles. The van der Waals surface area contributed by atoms with E-state index in [1.54, 1.807) is 72.8 Å². The first kappa shape index (κ1) is 23.2. The van der Waals surface area contributed by atoms with Gasteiger partial charge in [0.15, 0.2) is 5.69 Å². The molecule has 2 N–H and O–H groups in total. The molecule has 1 saturated heterocycles. The highest BCUT2D eigenvalue weighted by Crippen LogP contribution is 2.36. The largest absolute Gasteiger partial charge is 0.321 e. The van der Waals surface area contributed by atoms with Crippen molar-refractivity contribution in [3.05, 3.63) is 100 Å². The molecule has 5 rings (SSSR count). The number of carbonyl (C=O) groups excluding carboxylic acids is 3. The Kier molecular flexibility index (Phi) is 5.93. The van der Waals surface area contributed by atoms with Gasteiger partial charge in [-0.05, 0) is 48.7 Å². The van der Waals surface area contributed by atoms with Crippen molar-refractivity contribution in [2.24, 2.45) is 0 Å². The molecule has 1 unspecified atom stereocenters. The number of nitrogens with zero attached hydrogens (tertiary/aromatic N) is 2. The molecule has 0 aliphatic carbocycles. The lowest BCUT2D eigenvalue weighted by Gasteiger charge is -2.35. The second kappa shape index (κ2) is 9.22. The Balaban J connectivity index is 1.48. The van der Waals surface area contributed by atoms with Gasteiger partial charge in [-0.3, -0.25) is 24.5 Å². The van der Waals surface area contributed by atoms with E-state index in [2.05, 4.69) is 15.7 Å². The summed E-state index contributed by atoms with van der Waals surface area (Å²) in [6.45, 7) is 1.92. The first-order chi connectivity index (χ1) is 17.4. The summed E-state index contributed by atoms with van der Waals surface area (Å²) >= 11 is 0. The predicted molar refractivity (Wildman–Crippen MR) is 136 cm³/mol. The van der Waals surface area contributed by atoms with Crippen LogP contribution in [0.1, 0.15) is 42.2 Å². The summed E-state index contributed by atoms with van der Waals surface area (Å²) in [5, 5.41) is 10.6. The zero-order valence-corrected chi connectivity index (χ0v) is 19.7. The minimum Gasteiger partial charge on any atom is -0.321 e. The third-order valence-electron chi connectivity index (χ3n) is 6.79. The standard InChI is InChI=1S/C28H24N4O4/c1-2-28(17-16-23(33)30-27(28)36)18-12-14-19(15-13-18)29-25(34)24-21-10-6-7-11-22(21)26(35)32(31-24)20-8-4-3-5-9-20/h3-15H,2,16-17H2,1H3,(H,29,34)(H,30,33,36). The Hall–Kier alpha value is -4.59. The summed E-state index contributed by atoms with van der Waals surface area (Å²) in [5.74, 6) is -1.02. The van der Waals surface area contributed by atoms with Crippen molar-refractivity contribution in [1.29, 1.82) is 0 Å². The lowest BCUT2D eigenvalue weighted by molar-refractivity contribution is -0.138. The molecule has 0 radical (unpaired) electrons. The van der Waals surface area contributed by atoms with E-state index in [1.165, 1.54) is 4.68 Å². The maximum absolute atomic E-state index is 13.3. The van der Waals surface area contributed by atoms with Crippen LogP contribution in [-0.2, 0) is 15.0 Å². The van der Waals surface area contributed by atoms with E-state index < -0.39 is 11.3 Å².